The number of rotatable bonds is 11. The molecule has 186 valence electrons. The van der Waals surface area contributed by atoms with Gasteiger partial charge in [0, 0.05) is 13.1 Å². The zero-order valence-electron chi connectivity index (χ0n) is 18.8. The van der Waals surface area contributed by atoms with Crippen LogP contribution in [0.25, 0.3) is 0 Å². The minimum atomic E-state index is -1.38. The van der Waals surface area contributed by atoms with E-state index < -0.39 is 42.0 Å². The minimum absolute atomic E-state index is 0.0532. The Hall–Kier alpha value is -2.93. The monoisotopic (exact) mass is 469 g/mol. The number of nitrogens with one attached hydrogen (secondary N) is 3. The number of hydrogen-bond donors (Lipinski definition) is 7. The maximum absolute atomic E-state index is 12.9. The molecule has 2 heterocycles. The molecule has 0 aromatic heterocycles. The second-order valence-corrected chi connectivity index (χ2v) is 8.41. The average Bonchev–Trinajstić information content (AvgIpc) is 3.45. The van der Waals surface area contributed by atoms with Crippen molar-refractivity contribution >= 4 is 29.7 Å². The van der Waals surface area contributed by atoms with Gasteiger partial charge in [-0.1, -0.05) is 0 Å². The standard InChI is InChI=1S/C20H35N7O6/c1-11(28)15(17(30)25-13(19(32)33)6-3-9-24-20(21)22)26-16(29)14-7-4-10-27(14)18(31)12-5-2-8-23-12/h11-15,23,28H,2-10H2,1H3,(H,25,30)(H,26,29)(H,32,33)(H4,21,22,24). The topological polar surface area (TPSA) is 212 Å². The Labute approximate surface area is 192 Å². The number of aliphatic imine (C=N–C) groups is 1. The summed E-state index contributed by atoms with van der Waals surface area (Å²) in [6.07, 6.45) is 1.77. The summed E-state index contributed by atoms with van der Waals surface area (Å²) in [4.78, 5) is 55.2. The van der Waals surface area contributed by atoms with Gasteiger partial charge in [0.25, 0.3) is 0 Å². The van der Waals surface area contributed by atoms with Crippen LogP contribution in [0.2, 0.25) is 0 Å². The normalized spacial score (nSPS) is 22.8. The van der Waals surface area contributed by atoms with E-state index in [-0.39, 0.29) is 30.9 Å². The van der Waals surface area contributed by atoms with Crippen LogP contribution in [0.1, 0.15) is 45.4 Å². The lowest BCUT2D eigenvalue weighted by molar-refractivity contribution is -0.144. The summed E-state index contributed by atoms with van der Waals surface area (Å²) in [5.74, 6) is -2.92. The van der Waals surface area contributed by atoms with Crippen LogP contribution in [0, 0.1) is 0 Å². The summed E-state index contributed by atoms with van der Waals surface area (Å²) in [5.41, 5.74) is 10.5. The first-order chi connectivity index (χ1) is 15.6. The molecule has 0 aliphatic carbocycles. The number of nitrogens with two attached hydrogens (primary N) is 2. The number of aliphatic hydroxyl groups excluding tert-OH is 1. The van der Waals surface area contributed by atoms with Crippen molar-refractivity contribution < 1.29 is 29.4 Å². The largest absolute Gasteiger partial charge is 0.480 e. The molecule has 2 saturated heterocycles. The summed E-state index contributed by atoms with van der Waals surface area (Å²) in [6.45, 7) is 2.71. The summed E-state index contributed by atoms with van der Waals surface area (Å²) >= 11 is 0. The van der Waals surface area contributed by atoms with E-state index in [1.807, 2.05) is 0 Å². The highest BCUT2D eigenvalue weighted by atomic mass is 16.4. The molecule has 2 aliphatic heterocycles. The molecule has 13 nitrogen and oxygen atoms in total. The highest BCUT2D eigenvalue weighted by Crippen LogP contribution is 2.21. The number of aliphatic hydroxyl groups is 1. The fraction of sp³-hybridized carbons (Fsp3) is 0.750. The predicted octanol–water partition coefficient (Wildman–Crippen LogP) is -2.78. The molecule has 2 fully saturated rings. The smallest absolute Gasteiger partial charge is 0.326 e. The number of amides is 3. The quantitative estimate of drug-likeness (QED) is 0.0945. The van der Waals surface area contributed by atoms with E-state index in [1.165, 1.54) is 11.8 Å². The number of aliphatic carboxylic acids is 1. The molecule has 9 N–H and O–H groups in total. The molecule has 5 unspecified atom stereocenters. The Kier molecular flexibility index (Phi) is 9.85. The number of carbonyl (C=O) groups is 4. The van der Waals surface area contributed by atoms with Crippen LogP contribution in [-0.4, -0.2) is 94.7 Å². The minimum Gasteiger partial charge on any atom is -0.480 e. The van der Waals surface area contributed by atoms with E-state index in [1.54, 1.807) is 0 Å². The molecule has 0 aromatic carbocycles. The Bertz CT molecular complexity index is 749. The molecule has 0 spiro atoms. The fourth-order valence-corrected chi connectivity index (χ4v) is 4.08. The molecular weight excluding hydrogens is 434 g/mol. The molecule has 3 amide bonds. The Morgan fingerprint density at radius 3 is 2.48 bits per heavy atom. The van der Waals surface area contributed by atoms with Crippen molar-refractivity contribution in [3.63, 3.8) is 0 Å². The Morgan fingerprint density at radius 1 is 1.18 bits per heavy atom. The van der Waals surface area contributed by atoms with Crippen LogP contribution in [0.4, 0.5) is 0 Å². The van der Waals surface area contributed by atoms with Crippen molar-refractivity contribution in [2.45, 2.75) is 75.7 Å². The van der Waals surface area contributed by atoms with Crippen molar-refractivity contribution in [2.75, 3.05) is 19.6 Å². The van der Waals surface area contributed by atoms with Crippen molar-refractivity contribution in [1.82, 2.24) is 20.9 Å². The molecule has 0 bridgehead atoms. The van der Waals surface area contributed by atoms with Crippen LogP contribution >= 0.6 is 0 Å². The number of nitrogens with zero attached hydrogens (tertiary/aromatic N) is 2. The molecule has 0 aromatic rings. The van der Waals surface area contributed by atoms with Gasteiger partial charge in [-0.25, -0.2) is 4.79 Å². The van der Waals surface area contributed by atoms with Crippen molar-refractivity contribution in [2.24, 2.45) is 16.5 Å². The van der Waals surface area contributed by atoms with Crippen LogP contribution in [0.15, 0.2) is 4.99 Å². The maximum atomic E-state index is 12.9. The first kappa shape index (κ1) is 26.3. The zero-order chi connectivity index (χ0) is 24.5. The third kappa shape index (κ3) is 7.56. The van der Waals surface area contributed by atoms with Crippen LogP contribution in [-0.2, 0) is 19.2 Å². The van der Waals surface area contributed by atoms with E-state index in [4.69, 9.17) is 11.5 Å². The number of hydrogen-bond acceptors (Lipinski definition) is 7. The Balaban J connectivity index is 1.99. The second-order valence-electron chi connectivity index (χ2n) is 8.41. The molecule has 0 radical (unpaired) electrons. The number of carboxylic acids is 1. The van der Waals surface area contributed by atoms with Gasteiger partial charge in [0.2, 0.25) is 17.7 Å². The molecule has 33 heavy (non-hydrogen) atoms. The van der Waals surface area contributed by atoms with Crippen LogP contribution < -0.4 is 27.4 Å². The maximum Gasteiger partial charge on any atom is 0.326 e. The molecular formula is C20H35N7O6. The first-order valence-corrected chi connectivity index (χ1v) is 11.2. The summed E-state index contributed by atoms with van der Waals surface area (Å²) < 4.78 is 0. The third-order valence-corrected chi connectivity index (χ3v) is 5.82. The van der Waals surface area contributed by atoms with E-state index in [9.17, 15) is 29.4 Å². The lowest BCUT2D eigenvalue weighted by atomic mass is 10.1. The van der Waals surface area contributed by atoms with E-state index in [2.05, 4.69) is 20.9 Å². The second kappa shape index (κ2) is 12.3. The van der Waals surface area contributed by atoms with Gasteiger partial charge in [-0.3, -0.25) is 19.4 Å². The third-order valence-electron chi connectivity index (χ3n) is 5.82. The summed E-state index contributed by atoms with van der Waals surface area (Å²) in [6, 6.07) is -3.68. The molecule has 5 atom stereocenters. The SMILES string of the molecule is CC(O)C(NC(=O)C1CCCN1C(=O)C1CCCN1)C(=O)NC(CCCN=C(N)N)C(=O)O. The van der Waals surface area contributed by atoms with Gasteiger partial charge in [-0.15, -0.1) is 0 Å². The number of guanidine groups is 1. The number of likely N-dealkylation sites (tertiary alicyclic amines) is 1. The van der Waals surface area contributed by atoms with Crippen molar-refractivity contribution in [3.8, 4) is 0 Å². The Morgan fingerprint density at radius 2 is 1.91 bits per heavy atom. The van der Waals surface area contributed by atoms with Gasteiger partial charge in [0.05, 0.1) is 12.1 Å². The first-order valence-electron chi connectivity index (χ1n) is 11.2. The van der Waals surface area contributed by atoms with Crippen molar-refractivity contribution in [3.05, 3.63) is 0 Å². The molecule has 13 heteroatoms. The van der Waals surface area contributed by atoms with Gasteiger partial charge in [-0.05, 0) is 52.0 Å². The van der Waals surface area contributed by atoms with Gasteiger partial charge in [0.1, 0.15) is 18.1 Å². The fourth-order valence-electron chi connectivity index (χ4n) is 4.08. The van der Waals surface area contributed by atoms with E-state index in [0.717, 1.165) is 13.0 Å². The molecule has 2 rings (SSSR count). The van der Waals surface area contributed by atoms with Crippen LogP contribution in [0.3, 0.4) is 0 Å². The van der Waals surface area contributed by atoms with Gasteiger partial charge in [-0.2, -0.15) is 0 Å². The zero-order valence-corrected chi connectivity index (χ0v) is 18.8. The summed E-state index contributed by atoms with van der Waals surface area (Å²) in [7, 11) is 0. The molecule has 0 saturated carbocycles. The highest BCUT2D eigenvalue weighted by molar-refractivity contribution is 5.94. The van der Waals surface area contributed by atoms with Gasteiger partial charge < -0.3 is 42.5 Å². The van der Waals surface area contributed by atoms with E-state index in [0.29, 0.717) is 32.2 Å². The number of carboxylic acid groups (broad SMARTS) is 1. The van der Waals surface area contributed by atoms with E-state index >= 15 is 0 Å². The lowest BCUT2D eigenvalue weighted by Crippen LogP contribution is -2.59. The molecule has 2 aliphatic rings. The van der Waals surface area contributed by atoms with Gasteiger partial charge in [0.15, 0.2) is 5.96 Å². The average molecular weight is 470 g/mol. The van der Waals surface area contributed by atoms with Gasteiger partial charge >= 0.3 is 5.97 Å². The predicted molar refractivity (Wildman–Crippen MR) is 119 cm³/mol. The lowest BCUT2D eigenvalue weighted by Gasteiger charge is -2.29. The van der Waals surface area contributed by atoms with Crippen LogP contribution in [0.5, 0.6) is 0 Å². The highest BCUT2D eigenvalue weighted by Gasteiger charge is 2.39. The summed E-state index contributed by atoms with van der Waals surface area (Å²) in [5, 5.41) is 27.5. The number of carbonyl (C=O) groups excluding carboxylic acids is 3. The van der Waals surface area contributed by atoms with Crippen molar-refractivity contribution in [1.29, 1.82) is 0 Å².